The monoisotopic (exact) mass is 336 g/mol. The summed E-state index contributed by atoms with van der Waals surface area (Å²) < 4.78 is 10.0. The minimum atomic E-state index is 0.0860. The maximum Gasteiger partial charge on any atom is 0.248 e. The highest BCUT2D eigenvalue weighted by atomic mass is 127. The van der Waals surface area contributed by atoms with E-state index < -0.39 is 0 Å². The third-order valence-corrected chi connectivity index (χ3v) is 3.87. The van der Waals surface area contributed by atoms with Gasteiger partial charge in [0.05, 0.1) is 0 Å². The molecule has 1 aromatic carbocycles. The van der Waals surface area contributed by atoms with Crippen molar-refractivity contribution in [1.82, 2.24) is 10.2 Å². The van der Waals surface area contributed by atoms with E-state index >= 15 is 0 Å². The van der Waals surface area contributed by atoms with Crippen LogP contribution < -0.4 is 0 Å². The molecule has 84 valence electrons. The van der Waals surface area contributed by atoms with E-state index in [4.69, 9.17) is 4.42 Å². The third kappa shape index (κ3) is 2.26. The molecule has 0 saturated heterocycles. The second-order valence-electron chi connectivity index (χ2n) is 3.45. The van der Waals surface area contributed by atoms with Crippen LogP contribution in [0.1, 0.15) is 5.89 Å². The Hall–Kier alpha value is -1.56. The molecule has 3 nitrogen and oxygen atoms in total. The first-order chi connectivity index (χ1) is 8.43. The average molecular weight is 336 g/mol. The first-order valence-electron chi connectivity index (χ1n) is 5.15. The Balaban J connectivity index is 1.96. The molecule has 0 spiro atoms. The van der Waals surface area contributed by atoms with Gasteiger partial charge in [0.2, 0.25) is 11.8 Å². The Morgan fingerprint density at radius 2 is 1.82 bits per heavy atom. The second-order valence-corrected chi connectivity index (χ2v) is 5.60. The van der Waals surface area contributed by atoms with E-state index in [1.165, 1.54) is 0 Å². The maximum absolute atomic E-state index is 5.66. The van der Waals surface area contributed by atoms with Crippen molar-refractivity contribution < 1.29 is 4.42 Å². The Labute approximate surface area is 109 Å². The Bertz CT molecular complexity index is 611. The zero-order valence-corrected chi connectivity index (χ0v) is 11.0. The minimum Gasteiger partial charge on any atom is -0.416 e. The van der Waals surface area contributed by atoms with E-state index in [0.29, 0.717) is 11.8 Å². The lowest BCUT2D eigenvalue weighted by molar-refractivity contribution is 0.554. The predicted molar refractivity (Wildman–Crippen MR) is 76.9 cm³/mol. The summed E-state index contributed by atoms with van der Waals surface area (Å²) in [4.78, 5) is 0. The van der Waals surface area contributed by atoms with Gasteiger partial charge in [-0.15, -0.1) is 10.2 Å². The first-order valence-corrected chi connectivity index (χ1v) is 7.64. The van der Waals surface area contributed by atoms with Gasteiger partial charge in [0, 0.05) is 11.1 Å². The molecule has 2 aromatic rings. The quantitative estimate of drug-likeness (QED) is 0.789. The van der Waals surface area contributed by atoms with Crippen molar-refractivity contribution in [2.45, 2.75) is 0 Å². The number of benzene rings is 1. The van der Waals surface area contributed by atoms with Gasteiger partial charge in [-0.2, -0.15) is 0 Å². The van der Waals surface area contributed by atoms with E-state index in [-0.39, 0.29) is 20.7 Å². The van der Waals surface area contributed by atoms with Crippen LogP contribution in [-0.2, 0) is 0 Å². The van der Waals surface area contributed by atoms with Crippen LogP contribution in [0.25, 0.3) is 17.0 Å². The molecule has 0 amide bonds. The number of rotatable bonds is 2. The standard InChI is InChI=1S/C13H9IN2O/c1-2-4-10(5-3-1)12-15-16-13(17-12)11-6-8-14-9-7-11/h1-9H. The smallest absolute Gasteiger partial charge is 0.248 e. The third-order valence-electron chi connectivity index (χ3n) is 2.32. The van der Waals surface area contributed by atoms with Crippen molar-refractivity contribution in [2.75, 3.05) is 0 Å². The number of nitrogens with zero attached hydrogens (tertiary/aromatic N) is 2. The zero-order chi connectivity index (χ0) is 11.5. The average Bonchev–Trinajstić information content (AvgIpc) is 2.90. The van der Waals surface area contributed by atoms with Crippen molar-refractivity contribution >= 4 is 30.3 Å². The summed E-state index contributed by atoms with van der Waals surface area (Å²) in [5, 5.41) is 8.14. The SMILES string of the molecule is C1=CC(c2nnc(-c3ccccc3)o2)=CC=I1. The van der Waals surface area contributed by atoms with Crippen molar-refractivity contribution in [2.24, 2.45) is 0 Å². The van der Waals surface area contributed by atoms with E-state index in [1.807, 2.05) is 30.3 Å². The molecule has 0 saturated carbocycles. The summed E-state index contributed by atoms with van der Waals surface area (Å²) in [5.74, 6) is 1.15. The molecular formula is C13H9IN2O. The fraction of sp³-hybridized carbons (Fsp3) is 0. The van der Waals surface area contributed by atoms with Crippen LogP contribution in [0.3, 0.4) is 0 Å². The molecule has 0 fully saturated rings. The van der Waals surface area contributed by atoms with Crippen molar-refractivity contribution in [3.05, 3.63) is 52.5 Å². The highest BCUT2D eigenvalue weighted by Gasteiger charge is 2.10. The fourth-order valence-electron chi connectivity index (χ4n) is 1.49. The largest absolute Gasteiger partial charge is 0.416 e. The van der Waals surface area contributed by atoms with E-state index in [9.17, 15) is 0 Å². The molecule has 1 aliphatic rings. The summed E-state index contributed by atoms with van der Waals surface area (Å²) in [6.45, 7) is 0. The van der Waals surface area contributed by atoms with Gasteiger partial charge < -0.3 is 4.42 Å². The molecule has 1 aromatic heterocycles. The van der Waals surface area contributed by atoms with Crippen LogP contribution in [0.15, 0.2) is 51.0 Å². The highest BCUT2D eigenvalue weighted by Crippen LogP contribution is 2.23. The molecule has 0 aliphatic carbocycles. The summed E-state index contributed by atoms with van der Waals surface area (Å²) in [7, 11) is 0. The van der Waals surface area contributed by atoms with Gasteiger partial charge >= 0.3 is 0 Å². The van der Waals surface area contributed by atoms with Gasteiger partial charge in [0.1, 0.15) is 0 Å². The number of hydrogen-bond acceptors (Lipinski definition) is 3. The molecule has 0 radical (unpaired) electrons. The number of halogens is 1. The Morgan fingerprint density at radius 1 is 1.00 bits per heavy atom. The van der Waals surface area contributed by atoms with Crippen LogP contribution in [0, 0.1) is 0 Å². The highest BCUT2D eigenvalue weighted by molar-refractivity contribution is 14.2. The Morgan fingerprint density at radius 3 is 2.59 bits per heavy atom. The molecule has 3 rings (SSSR count). The zero-order valence-electron chi connectivity index (χ0n) is 8.88. The molecule has 2 heterocycles. The van der Waals surface area contributed by atoms with Crippen LogP contribution in [0.4, 0.5) is 0 Å². The molecular weight excluding hydrogens is 327 g/mol. The lowest BCUT2D eigenvalue weighted by Crippen LogP contribution is -1.82. The van der Waals surface area contributed by atoms with Crippen LogP contribution in [0.5, 0.6) is 0 Å². The molecule has 17 heavy (non-hydrogen) atoms. The van der Waals surface area contributed by atoms with Gasteiger partial charge in [-0.1, -0.05) is 38.9 Å². The summed E-state index contributed by atoms with van der Waals surface area (Å²) in [5.41, 5.74) is 1.94. The molecule has 0 N–H and O–H groups in total. The lowest BCUT2D eigenvalue weighted by Gasteiger charge is -1.96. The topological polar surface area (TPSA) is 38.9 Å². The van der Waals surface area contributed by atoms with E-state index in [1.54, 1.807) is 0 Å². The second kappa shape index (κ2) is 4.75. The minimum absolute atomic E-state index is 0.0860. The van der Waals surface area contributed by atoms with Gasteiger partial charge in [-0.25, -0.2) is 0 Å². The van der Waals surface area contributed by atoms with Crippen LogP contribution in [-0.4, -0.2) is 14.2 Å². The molecule has 4 heteroatoms. The van der Waals surface area contributed by atoms with Crippen molar-refractivity contribution in [1.29, 1.82) is 0 Å². The molecule has 1 aliphatic heterocycles. The van der Waals surface area contributed by atoms with Crippen molar-refractivity contribution in [3.8, 4) is 11.5 Å². The fourth-order valence-corrected chi connectivity index (χ4v) is 2.92. The van der Waals surface area contributed by atoms with E-state index in [0.717, 1.165) is 11.1 Å². The normalized spacial score (nSPS) is 14.2. The van der Waals surface area contributed by atoms with Gasteiger partial charge in [-0.3, -0.25) is 0 Å². The summed E-state index contributed by atoms with van der Waals surface area (Å²) >= 11 is 0.0860. The molecule has 0 atom stereocenters. The summed E-state index contributed by atoms with van der Waals surface area (Å²) in [6, 6.07) is 9.79. The number of allylic oxidation sites excluding steroid dienone is 3. The van der Waals surface area contributed by atoms with Gasteiger partial charge in [0.15, 0.2) is 0 Å². The van der Waals surface area contributed by atoms with Gasteiger partial charge in [0.25, 0.3) is 0 Å². The van der Waals surface area contributed by atoms with Gasteiger partial charge in [-0.05, 0) is 32.4 Å². The lowest BCUT2D eigenvalue weighted by atomic mass is 10.2. The van der Waals surface area contributed by atoms with E-state index in [2.05, 4.69) is 30.4 Å². The van der Waals surface area contributed by atoms with Crippen molar-refractivity contribution in [3.63, 3.8) is 0 Å². The first kappa shape index (κ1) is 10.6. The van der Waals surface area contributed by atoms with Crippen LogP contribution in [0.2, 0.25) is 0 Å². The Kier molecular flexibility index (Phi) is 2.96. The predicted octanol–water partition coefficient (Wildman–Crippen LogP) is 3.42. The summed E-state index contributed by atoms with van der Waals surface area (Å²) in [6.07, 6.45) is 4.10. The number of hydrogen-bond donors (Lipinski definition) is 0. The molecule has 0 unspecified atom stereocenters. The number of aromatic nitrogens is 2. The van der Waals surface area contributed by atoms with Crippen LogP contribution >= 0.6 is 20.7 Å². The molecule has 0 bridgehead atoms. The maximum atomic E-state index is 5.66.